The van der Waals surface area contributed by atoms with Crippen LogP contribution in [0.4, 0.5) is 0 Å². The summed E-state index contributed by atoms with van der Waals surface area (Å²) in [6.45, 7) is 4.62. The molecule has 0 bridgehead atoms. The molecule has 0 saturated heterocycles. The lowest BCUT2D eigenvalue weighted by Crippen LogP contribution is -2.15. The number of aromatic nitrogens is 3. The zero-order valence-corrected chi connectivity index (χ0v) is 25.5. The van der Waals surface area contributed by atoms with Gasteiger partial charge in [0.1, 0.15) is 11.2 Å². The fraction of sp³-hybridized carbons (Fsp3) is 0.0714. The summed E-state index contributed by atoms with van der Waals surface area (Å²) in [6.07, 6.45) is 0. The lowest BCUT2D eigenvalue weighted by Gasteiger charge is -2.21. The molecular formula is C42H29N3O. The number of nitrogens with zero attached hydrogens (tertiary/aromatic N) is 3. The number of fused-ring (bicyclic) bond motifs is 7. The third-order valence-corrected chi connectivity index (χ3v) is 9.33. The zero-order valence-electron chi connectivity index (χ0n) is 25.5. The zero-order chi connectivity index (χ0) is 30.8. The summed E-state index contributed by atoms with van der Waals surface area (Å²) in [5.41, 5.74) is 12.0. The van der Waals surface area contributed by atoms with Crippen molar-refractivity contribution in [1.82, 2.24) is 15.0 Å². The molecule has 0 amide bonds. The van der Waals surface area contributed by atoms with E-state index >= 15 is 0 Å². The Morgan fingerprint density at radius 2 is 1.02 bits per heavy atom. The van der Waals surface area contributed by atoms with E-state index in [4.69, 9.17) is 19.4 Å². The molecule has 2 heterocycles. The van der Waals surface area contributed by atoms with Crippen molar-refractivity contribution in [1.29, 1.82) is 0 Å². The maximum Gasteiger partial charge on any atom is 0.164 e. The van der Waals surface area contributed by atoms with E-state index in [1.54, 1.807) is 0 Å². The average Bonchev–Trinajstić information content (AvgIpc) is 3.61. The lowest BCUT2D eigenvalue weighted by molar-refractivity contribution is 0.620. The first-order chi connectivity index (χ1) is 22.6. The van der Waals surface area contributed by atoms with Crippen LogP contribution in [0.5, 0.6) is 0 Å². The van der Waals surface area contributed by atoms with Gasteiger partial charge in [0, 0.05) is 38.4 Å². The van der Waals surface area contributed by atoms with Crippen molar-refractivity contribution in [2.75, 3.05) is 0 Å². The number of hydrogen-bond acceptors (Lipinski definition) is 4. The van der Waals surface area contributed by atoms with Gasteiger partial charge in [0.25, 0.3) is 0 Å². The van der Waals surface area contributed by atoms with Crippen molar-refractivity contribution in [3.63, 3.8) is 0 Å². The maximum absolute atomic E-state index is 6.54. The van der Waals surface area contributed by atoms with Crippen molar-refractivity contribution in [2.24, 2.45) is 0 Å². The van der Waals surface area contributed by atoms with Crippen molar-refractivity contribution in [2.45, 2.75) is 19.3 Å². The second kappa shape index (κ2) is 10.1. The second-order valence-electron chi connectivity index (χ2n) is 12.4. The molecule has 218 valence electrons. The van der Waals surface area contributed by atoms with Gasteiger partial charge in [-0.15, -0.1) is 0 Å². The van der Waals surface area contributed by atoms with Gasteiger partial charge in [-0.1, -0.05) is 141 Å². The highest BCUT2D eigenvalue weighted by molar-refractivity contribution is 6.10. The Morgan fingerprint density at radius 3 is 1.67 bits per heavy atom. The highest BCUT2D eigenvalue weighted by Gasteiger charge is 2.39. The summed E-state index contributed by atoms with van der Waals surface area (Å²) in [4.78, 5) is 14.7. The van der Waals surface area contributed by atoms with Crippen LogP contribution in [0.3, 0.4) is 0 Å². The monoisotopic (exact) mass is 591 g/mol. The van der Waals surface area contributed by atoms with Gasteiger partial charge in [-0.3, -0.25) is 0 Å². The van der Waals surface area contributed by atoms with Crippen LogP contribution in [0.1, 0.15) is 25.0 Å². The third-order valence-electron chi connectivity index (χ3n) is 9.33. The van der Waals surface area contributed by atoms with E-state index in [1.807, 2.05) is 66.7 Å². The van der Waals surface area contributed by atoms with E-state index in [2.05, 4.69) is 86.6 Å². The Bertz CT molecular complexity index is 2370. The molecule has 8 aromatic rings. The van der Waals surface area contributed by atoms with E-state index in [0.717, 1.165) is 38.8 Å². The van der Waals surface area contributed by atoms with Crippen LogP contribution >= 0.6 is 0 Å². The van der Waals surface area contributed by atoms with E-state index < -0.39 is 0 Å². The highest BCUT2D eigenvalue weighted by Crippen LogP contribution is 2.55. The molecule has 0 spiro atoms. The van der Waals surface area contributed by atoms with Crippen LogP contribution in [-0.2, 0) is 5.41 Å². The summed E-state index contributed by atoms with van der Waals surface area (Å²) in [5, 5.41) is 2.33. The molecule has 2 aromatic heterocycles. The van der Waals surface area contributed by atoms with Gasteiger partial charge in [0.2, 0.25) is 0 Å². The van der Waals surface area contributed by atoms with Crippen LogP contribution in [0, 0.1) is 0 Å². The fourth-order valence-electron chi connectivity index (χ4n) is 7.09. The van der Waals surface area contributed by atoms with Crippen LogP contribution in [0.2, 0.25) is 0 Å². The molecular weight excluding hydrogens is 562 g/mol. The van der Waals surface area contributed by atoms with Gasteiger partial charge >= 0.3 is 0 Å². The van der Waals surface area contributed by atoms with Gasteiger partial charge in [0.05, 0.1) is 0 Å². The minimum Gasteiger partial charge on any atom is -0.456 e. The van der Waals surface area contributed by atoms with E-state index in [-0.39, 0.29) is 5.41 Å². The molecule has 0 aliphatic heterocycles. The minimum absolute atomic E-state index is 0.208. The largest absolute Gasteiger partial charge is 0.456 e. The Hall–Kier alpha value is -5.87. The Morgan fingerprint density at radius 1 is 0.457 bits per heavy atom. The van der Waals surface area contributed by atoms with Gasteiger partial charge in [0.15, 0.2) is 17.5 Å². The summed E-state index contributed by atoms with van der Waals surface area (Å²) in [6, 6.07) is 48.3. The molecule has 0 atom stereocenters. The van der Waals surface area contributed by atoms with Crippen molar-refractivity contribution >= 4 is 21.9 Å². The fourth-order valence-corrected chi connectivity index (χ4v) is 7.09. The molecule has 46 heavy (non-hydrogen) atoms. The third kappa shape index (κ3) is 4.04. The molecule has 0 N–H and O–H groups in total. The molecule has 0 radical (unpaired) electrons. The first kappa shape index (κ1) is 26.5. The predicted octanol–water partition coefficient (Wildman–Crippen LogP) is 10.7. The van der Waals surface area contributed by atoms with E-state index in [1.165, 1.54) is 33.2 Å². The van der Waals surface area contributed by atoms with Gasteiger partial charge < -0.3 is 4.42 Å². The average molecular weight is 592 g/mol. The maximum atomic E-state index is 6.54. The Kier molecular flexibility index (Phi) is 5.81. The number of rotatable bonds is 4. The second-order valence-corrected chi connectivity index (χ2v) is 12.4. The van der Waals surface area contributed by atoms with Crippen molar-refractivity contribution in [3.05, 3.63) is 151 Å². The first-order valence-corrected chi connectivity index (χ1v) is 15.6. The molecule has 9 rings (SSSR count). The van der Waals surface area contributed by atoms with E-state index in [0.29, 0.717) is 17.5 Å². The topological polar surface area (TPSA) is 51.8 Å². The SMILES string of the molecule is CC1(C)c2cccc(-c3ccc(-c4nc(-c5ccccc5)nc(-c5ccccc5)n4)cc3)c2-c2ccc3c(oc4ccccc43)c21. The van der Waals surface area contributed by atoms with Crippen LogP contribution < -0.4 is 0 Å². The molecule has 0 unspecified atom stereocenters. The summed E-state index contributed by atoms with van der Waals surface area (Å²) in [7, 11) is 0. The lowest BCUT2D eigenvalue weighted by atomic mass is 9.81. The molecule has 0 fully saturated rings. The summed E-state index contributed by atoms with van der Waals surface area (Å²) >= 11 is 0. The molecule has 1 aliphatic rings. The predicted molar refractivity (Wildman–Crippen MR) is 186 cm³/mol. The first-order valence-electron chi connectivity index (χ1n) is 15.6. The molecule has 4 nitrogen and oxygen atoms in total. The molecule has 4 heteroatoms. The minimum atomic E-state index is -0.208. The summed E-state index contributed by atoms with van der Waals surface area (Å²) < 4.78 is 6.54. The van der Waals surface area contributed by atoms with Gasteiger partial charge in [-0.25, -0.2) is 15.0 Å². The smallest absolute Gasteiger partial charge is 0.164 e. The molecule has 6 aromatic carbocycles. The van der Waals surface area contributed by atoms with Crippen LogP contribution in [0.15, 0.2) is 144 Å². The van der Waals surface area contributed by atoms with Crippen molar-refractivity contribution < 1.29 is 4.42 Å². The number of furan rings is 1. The quantitative estimate of drug-likeness (QED) is 0.204. The van der Waals surface area contributed by atoms with Gasteiger partial charge in [-0.2, -0.15) is 0 Å². The van der Waals surface area contributed by atoms with Crippen LogP contribution in [-0.4, -0.2) is 15.0 Å². The standard InChI is InChI=1S/C42H29N3O/c1-42(2)34-18-11-17-30(36(34)33-25-24-32-31-16-9-10-19-35(31)46-38(32)37(33)42)26-20-22-29(23-21-26)41-44-39(27-12-5-3-6-13-27)43-40(45-41)28-14-7-4-8-15-28/h3-25H,1-2H3. The Labute approximate surface area is 267 Å². The number of hydrogen-bond donors (Lipinski definition) is 0. The molecule has 1 aliphatic carbocycles. The number of para-hydroxylation sites is 1. The molecule has 0 saturated carbocycles. The van der Waals surface area contributed by atoms with Crippen LogP contribution in [0.25, 0.3) is 78.4 Å². The number of benzene rings is 6. The van der Waals surface area contributed by atoms with E-state index in [9.17, 15) is 0 Å². The Balaban J connectivity index is 1.17. The highest BCUT2D eigenvalue weighted by atomic mass is 16.3. The van der Waals surface area contributed by atoms with Crippen molar-refractivity contribution in [3.8, 4) is 56.4 Å². The normalized spacial score (nSPS) is 13.2. The summed E-state index contributed by atoms with van der Waals surface area (Å²) in [5.74, 6) is 1.96. The van der Waals surface area contributed by atoms with Gasteiger partial charge in [-0.05, 0) is 39.9 Å².